The van der Waals surface area contributed by atoms with E-state index in [-0.39, 0.29) is 0 Å². The van der Waals surface area contributed by atoms with Gasteiger partial charge in [-0.15, -0.1) is 0 Å². The molecule has 0 radical (unpaired) electrons. The highest BCUT2D eigenvalue weighted by molar-refractivity contribution is 7.27. The summed E-state index contributed by atoms with van der Waals surface area (Å²) in [4.78, 5) is 0. The van der Waals surface area contributed by atoms with Crippen molar-refractivity contribution in [2.45, 2.75) is 25.9 Å². The minimum Gasteiger partial charge on any atom is -0.497 e. The molecule has 1 aromatic rings. The van der Waals surface area contributed by atoms with Crippen molar-refractivity contribution in [1.29, 1.82) is 0 Å². The molecule has 78 valence electrons. The van der Waals surface area contributed by atoms with Crippen LogP contribution in [0.4, 0.5) is 0 Å². The van der Waals surface area contributed by atoms with Crippen LogP contribution in [-0.2, 0) is 0 Å². The van der Waals surface area contributed by atoms with Gasteiger partial charge < -0.3 is 4.74 Å². The van der Waals surface area contributed by atoms with Gasteiger partial charge in [-0.3, -0.25) is 0 Å². The third kappa shape index (κ3) is 2.12. The molecule has 0 saturated heterocycles. The lowest BCUT2D eigenvalue weighted by molar-refractivity contribution is 0.418. The SMILES string of the molecule is CC[Si](Cl)(CC)c1ccccc1OC. The van der Waals surface area contributed by atoms with Gasteiger partial charge in [-0.1, -0.05) is 32.0 Å². The van der Waals surface area contributed by atoms with Crippen LogP contribution in [0.3, 0.4) is 0 Å². The lowest BCUT2D eigenvalue weighted by atomic mass is 10.3. The van der Waals surface area contributed by atoms with Gasteiger partial charge in [-0.2, -0.15) is 11.1 Å². The molecule has 0 aliphatic rings. The van der Waals surface area contributed by atoms with Gasteiger partial charge in [-0.05, 0) is 23.3 Å². The molecule has 0 unspecified atom stereocenters. The zero-order valence-corrected chi connectivity index (χ0v) is 10.8. The average Bonchev–Trinajstić information content (AvgIpc) is 2.28. The van der Waals surface area contributed by atoms with Crippen LogP contribution in [0.25, 0.3) is 0 Å². The van der Waals surface area contributed by atoms with Crippen LogP contribution >= 0.6 is 11.1 Å². The van der Waals surface area contributed by atoms with Crippen LogP contribution in [-0.4, -0.2) is 14.5 Å². The summed E-state index contributed by atoms with van der Waals surface area (Å²) < 4.78 is 5.35. The summed E-state index contributed by atoms with van der Waals surface area (Å²) in [5.74, 6) is 0.942. The molecule has 0 aliphatic carbocycles. The molecule has 1 rings (SSSR count). The van der Waals surface area contributed by atoms with E-state index in [1.165, 1.54) is 5.19 Å². The molecule has 0 N–H and O–H groups in total. The number of para-hydroxylation sites is 1. The molecule has 0 bridgehead atoms. The summed E-state index contributed by atoms with van der Waals surface area (Å²) in [6, 6.07) is 10.2. The molecule has 1 nitrogen and oxygen atoms in total. The van der Waals surface area contributed by atoms with Crippen LogP contribution in [0, 0.1) is 0 Å². The van der Waals surface area contributed by atoms with Crippen LogP contribution in [0.2, 0.25) is 12.1 Å². The first kappa shape index (κ1) is 11.6. The Hall–Kier alpha value is -0.473. The predicted molar refractivity (Wildman–Crippen MR) is 65.2 cm³/mol. The number of hydrogen-bond donors (Lipinski definition) is 0. The summed E-state index contributed by atoms with van der Waals surface area (Å²) in [6.45, 7) is 4.32. The number of methoxy groups -OCH3 is 1. The van der Waals surface area contributed by atoms with Gasteiger partial charge in [0.1, 0.15) is 5.75 Å². The fraction of sp³-hybridized carbons (Fsp3) is 0.455. The second-order valence-electron chi connectivity index (χ2n) is 3.37. The van der Waals surface area contributed by atoms with E-state index in [4.69, 9.17) is 15.8 Å². The van der Waals surface area contributed by atoms with Crippen LogP contribution in [0.15, 0.2) is 24.3 Å². The topological polar surface area (TPSA) is 9.23 Å². The number of rotatable bonds is 4. The van der Waals surface area contributed by atoms with Crippen molar-refractivity contribution in [3.05, 3.63) is 24.3 Å². The molecule has 0 aliphatic heterocycles. The van der Waals surface area contributed by atoms with Gasteiger partial charge in [0, 0.05) is 0 Å². The van der Waals surface area contributed by atoms with Gasteiger partial charge >= 0.3 is 0 Å². The van der Waals surface area contributed by atoms with Crippen molar-refractivity contribution >= 4 is 23.6 Å². The van der Waals surface area contributed by atoms with E-state index in [2.05, 4.69) is 19.9 Å². The molecule has 0 aromatic heterocycles. The maximum atomic E-state index is 6.68. The molecule has 0 saturated carbocycles. The number of benzene rings is 1. The minimum absolute atomic E-state index is 0.942. The monoisotopic (exact) mass is 228 g/mol. The summed E-state index contributed by atoms with van der Waals surface area (Å²) in [6.07, 6.45) is 0. The zero-order chi connectivity index (χ0) is 10.6. The Kier molecular flexibility index (Phi) is 4.02. The molecular formula is C11H17ClOSi. The first-order valence-corrected chi connectivity index (χ1v) is 8.43. The molecule has 3 heteroatoms. The van der Waals surface area contributed by atoms with Crippen molar-refractivity contribution in [1.82, 2.24) is 0 Å². The second-order valence-corrected chi connectivity index (χ2v) is 9.43. The van der Waals surface area contributed by atoms with Gasteiger partial charge in [-0.25, -0.2) is 0 Å². The third-order valence-corrected chi connectivity index (χ3v) is 8.54. The molecule has 0 atom stereocenters. The smallest absolute Gasteiger partial charge is 0.190 e. The fourth-order valence-electron chi connectivity index (χ4n) is 1.65. The summed E-state index contributed by atoms with van der Waals surface area (Å²) in [5.41, 5.74) is 0. The Morgan fingerprint density at radius 1 is 1.21 bits per heavy atom. The van der Waals surface area contributed by atoms with Crippen molar-refractivity contribution in [3.8, 4) is 5.75 Å². The van der Waals surface area contributed by atoms with Crippen LogP contribution in [0.5, 0.6) is 5.75 Å². The minimum atomic E-state index is -1.79. The second kappa shape index (κ2) is 4.85. The Morgan fingerprint density at radius 3 is 2.29 bits per heavy atom. The Balaban J connectivity index is 3.15. The molecule has 1 aromatic carbocycles. The van der Waals surface area contributed by atoms with Gasteiger partial charge in [0.15, 0.2) is 7.38 Å². The largest absolute Gasteiger partial charge is 0.497 e. The standard InChI is InChI=1S/C11H17ClOSi/c1-4-14(12,5-2)11-9-7-6-8-10(11)13-3/h6-9H,4-5H2,1-3H3. The number of halogens is 1. The summed E-state index contributed by atoms with van der Waals surface area (Å²) >= 11 is 6.68. The summed E-state index contributed by atoms with van der Waals surface area (Å²) in [5, 5.41) is 1.23. The lowest BCUT2D eigenvalue weighted by Gasteiger charge is -2.23. The maximum absolute atomic E-state index is 6.68. The predicted octanol–water partition coefficient (Wildman–Crippen LogP) is 3.13. The van der Waals surface area contributed by atoms with Gasteiger partial charge in [0.25, 0.3) is 0 Å². The number of ether oxygens (including phenoxy) is 1. The van der Waals surface area contributed by atoms with Crippen molar-refractivity contribution in [2.75, 3.05) is 7.11 Å². The van der Waals surface area contributed by atoms with Crippen molar-refractivity contribution in [3.63, 3.8) is 0 Å². The van der Waals surface area contributed by atoms with Gasteiger partial charge in [0.05, 0.1) is 7.11 Å². The fourth-order valence-corrected chi connectivity index (χ4v) is 4.40. The third-order valence-electron chi connectivity index (χ3n) is 2.71. The molecule has 0 heterocycles. The summed E-state index contributed by atoms with van der Waals surface area (Å²) in [7, 11) is -0.0875. The zero-order valence-electron chi connectivity index (χ0n) is 9.01. The van der Waals surface area contributed by atoms with Crippen molar-refractivity contribution in [2.24, 2.45) is 0 Å². The first-order valence-electron chi connectivity index (χ1n) is 5.00. The molecule has 0 fully saturated rings. The van der Waals surface area contributed by atoms with Crippen LogP contribution < -0.4 is 9.92 Å². The molecule has 0 amide bonds. The van der Waals surface area contributed by atoms with E-state index in [9.17, 15) is 0 Å². The van der Waals surface area contributed by atoms with Crippen LogP contribution in [0.1, 0.15) is 13.8 Å². The quantitative estimate of drug-likeness (QED) is 0.569. The highest BCUT2D eigenvalue weighted by atomic mass is 35.6. The number of hydrogen-bond acceptors (Lipinski definition) is 1. The highest BCUT2D eigenvalue weighted by Crippen LogP contribution is 2.24. The Labute approximate surface area is 91.8 Å². The molecule has 14 heavy (non-hydrogen) atoms. The van der Waals surface area contributed by atoms with Gasteiger partial charge in [0.2, 0.25) is 0 Å². The van der Waals surface area contributed by atoms with E-state index in [1.54, 1.807) is 7.11 Å². The lowest BCUT2D eigenvalue weighted by Crippen LogP contribution is -2.41. The Bertz CT molecular complexity index is 297. The van der Waals surface area contributed by atoms with E-state index >= 15 is 0 Å². The normalized spacial score (nSPS) is 11.4. The van der Waals surface area contributed by atoms with E-state index in [0.29, 0.717) is 0 Å². The van der Waals surface area contributed by atoms with Crippen molar-refractivity contribution < 1.29 is 4.74 Å². The average molecular weight is 229 g/mol. The molecule has 0 spiro atoms. The maximum Gasteiger partial charge on any atom is 0.190 e. The first-order chi connectivity index (χ1) is 6.68. The highest BCUT2D eigenvalue weighted by Gasteiger charge is 2.31. The van der Waals surface area contributed by atoms with E-state index in [1.807, 2.05) is 18.2 Å². The van der Waals surface area contributed by atoms with E-state index < -0.39 is 7.38 Å². The Morgan fingerprint density at radius 2 is 1.79 bits per heavy atom. The molecular weight excluding hydrogens is 212 g/mol. The van der Waals surface area contributed by atoms with E-state index in [0.717, 1.165) is 17.8 Å².